The molecule has 1 aliphatic carbocycles. The summed E-state index contributed by atoms with van der Waals surface area (Å²) in [6.07, 6.45) is 4.92. The van der Waals surface area contributed by atoms with Crippen molar-refractivity contribution < 1.29 is 19.5 Å². The molecule has 7 heteroatoms. The molecule has 0 bridgehead atoms. The topological polar surface area (TPSA) is 77.9 Å². The first-order valence-corrected chi connectivity index (χ1v) is 8.53. The van der Waals surface area contributed by atoms with E-state index in [1.807, 2.05) is 4.90 Å². The number of carboxylic acid groups (broad SMARTS) is 1. The molecule has 3 aliphatic heterocycles. The second kappa shape index (κ2) is 4.87. The van der Waals surface area contributed by atoms with Crippen molar-refractivity contribution in [2.45, 2.75) is 37.1 Å². The van der Waals surface area contributed by atoms with E-state index < -0.39 is 5.97 Å². The molecule has 0 spiro atoms. The average Bonchev–Trinajstić information content (AvgIpc) is 3.24. The molecular formula is C15H16N2O4S. The lowest BCUT2D eigenvalue weighted by molar-refractivity contribution is -0.146. The average molecular weight is 320 g/mol. The molecule has 3 fully saturated rings. The number of thioether (sulfide) groups is 1. The van der Waals surface area contributed by atoms with Gasteiger partial charge in [0.25, 0.3) is 0 Å². The number of rotatable bonds is 3. The third-order valence-corrected chi connectivity index (χ3v) is 5.82. The number of β-lactam (4-membered cyclic amide) rings is 1. The minimum Gasteiger partial charge on any atom is -0.477 e. The normalized spacial score (nSPS) is 30.0. The highest BCUT2D eigenvalue weighted by molar-refractivity contribution is 8.00. The fourth-order valence-corrected chi connectivity index (χ4v) is 4.49. The van der Waals surface area contributed by atoms with Crippen molar-refractivity contribution in [3.8, 4) is 0 Å². The van der Waals surface area contributed by atoms with E-state index in [1.165, 1.54) is 4.90 Å². The monoisotopic (exact) mass is 320 g/mol. The second-order valence-corrected chi connectivity index (χ2v) is 7.23. The molecule has 116 valence electrons. The highest BCUT2D eigenvalue weighted by atomic mass is 32.2. The molecule has 4 aliphatic rings. The summed E-state index contributed by atoms with van der Waals surface area (Å²) in [5.74, 6) is -0.671. The third kappa shape index (κ3) is 2.06. The Morgan fingerprint density at radius 2 is 2.09 bits per heavy atom. The summed E-state index contributed by atoms with van der Waals surface area (Å²) >= 11 is 1.56. The molecule has 6 nitrogen and oxygen atoms in total. The molecule has 2 amide bonds. The zero-order valence-electron chi connectivity index (χ0n) is 11.9. The van der Waals surface area contributed by atoms with Crippen LogP contribution < -0.4 is 0 Å². The zero-order chi connectivity index (χ0) is 15.4. The summed E-state index contributed by atoms with van der Waals surface area (Å²) in [5, 5.41) is 9.40. The summed E-state index contributed by atoms with van der Waals surface area (Å²) in [5.41, 5.74) is 1.32. The molecule has 2 saturated heterocycles. The van der Waals surface area contributed by atoms with Crippen molar-refractivity contribution in [3.05, 3.63) is 22.9 Å². The molecule has 1 unspecified atom stereocenters. The highest BCUT2D eigenvalue weighted by Gasteiger charge is 2.45. The summed E-state index contributed by atoms with van der Waals surface area (Å²) in [6, 6.07) is 0.383. The van der Waals surface area contributed by atoms with Crippen LogP contribution in [0, 0.1) is 0 Å². The van der Waals surface area contributed by atoms with Crippen LogP contribution in [-0.4, -0.2) is 56.4 Å². The van der Waals surface area contributed by atoms with Gasteiger partial charge in [0.05, 0.1) is 11.8 Å². The zero-order valence-corrected chi connectivity index (χ0v) is 12.8. The van der Waals surface area contributed by atoms with Crippen molar-refractivity contribution in [1.29, 1.82) is 0 Å². The molecule has 22 heavy (non-hydrogen) atoms. The van der Waals surface area contributed by atoms with Crippen LogP contribution in [0.15, 0.2) is 22.9 Å². The Morgan fingerprint density at radius 1 is 1.32 bits per heavy atom. The third-order valence-electron chi connectivity index (χ3n) is 4.58. The number of fused-ring (bicyclic) bond motifs is 1. The Balaban J connectivity index is 1.66. The number of aliphatic carboxylic acids is 1. The number of allylic oxidation sites excluding steroid dienone is 1. The maximum absolute atomic E-state index is 12.4. The molecule has 1 atom stereocenters. The van der Waals surface area contributed by atoms with Gasteiger partial charge in [0.15, 0.2) is 0 Å². The number of hydrogen-bond donors (Lipinski definition) is 1. The van der Waals surface area contributed by atoms with Gasteiger partial charge >= 0.3 is 5.97 Å². The van der Waals surface area contributed by atoms with Crippen LogP contribution in [0.3, 0.4) is 0 Å². The maximum Gasteiger partial charge on any atom is 0.352 e. The molecule has 4 rings (SSSR count). The first kappa shape index (κ1) is 13.9. The van der Waals surface area contributed by atoms with E-state index in [-0.39, 0.29) is 22.9 Å². The SMILES string of the molecule is O=C(O)C1=C(/C=C2\CCN(C3CC3)C2=O)CSC2CC(=O)N12. The Morgan fingerprint density at radius 3 is 2.73 bits per heavy atom. The van der Waals surface area contributed by atoms with E-state index in [0.717, 1.165) is 19.4 Å². The smallest absolute Gasteiger partial charge is 0.352 e. The Hall–Kier alpha value is -1.76. The molecule has 3 heterocycles. The Bertz CT molecular complexity index is 650. The fourth-order valence-electron chi connectivity index (χ4n) is 3.26. The lowest BCUT2D eigenvalue weighted by atomic mass is 10.0. The van der Waals surface area contributed by atoms with Crippen LogP contribution in [0.25, 0.3) is 0 Å². The van der Waals surface area contributed by atoms with Crippen LogP contribution in [0.4, 0.5) is 0 Å². The van der Waals surface area contributed by atoms with E-state index >= 15 is 0 Å². The number of nitrogens with zero attached hydrogens (tertiary/aromatic N) is 2. The first-order valence-electron chi connectivity index (χ1n) is 7.48. The van der Waals surface area contributed by atoms with Crippen molar-refractivity contribution in [3.63, 3.8) is 0 Å². The van der Waals surface area contributed by atoms with E-state index in [1.54, 1.807) is 17.8 Å². The van der Waals surface area contributed by atoms with Crippen molar-refractivity contribution >= 4 is 29.5 Å². The van der Waals surface area contributed by atoms with Gasteiger partial charge in [0.2, 0.25) is 11.8 Å². The lowest BCUT2D eigenvalue weighted by Crippen LogP contribution is -2.53. The van der Waals surface area contributed by atoms with Crippen molar-refractivity contribution in [1.82, 2.24) is 9.80 Å². The summed E-state index contributed by atoms with van der Waals surface area (Å²) in [7, 11) is 0. The Labute approximate surface area is 131 Å². The quantitative estimate of drug-likeness (QED) is 0.619. The number of amides is 2. The summed E-state index contributed by atoms with van der Waals surface area (Å²) in [6.45, 7) is 0.726. The van der Waals surface area contributed by atoms with E-state index in [0.29, 0.717) is 35.8 Å². The number of likely N-dealkylation sites (tertiary alicyclic amines) is 1. The van der Waals surface area contributed by atoms with E-state index in [9.17, 15) is 19.5 Å². The second-order valence-electron chi connectivity index (χ2n) is 6.06. The molecule has 0 radical (unpaired) electrons. The van der Waals surface area contributed by atoms with E-state index in [4.69, 9.17) is 0 Å². The summed E-state index contributed by atoms with van der Waals surface area (Å²) < 4.78 is 0. The van der Waals surface area contributed by atoms with Gasteiger partial charge in [-0.05, 0) is 30.9 Å². The summed E-state index contributed by atoms with van der Waals surface area (Å²) in [4.78, 5) is 38.9. The van der Waals surface area contributed by atoms with Crippen LogP contribution in [0.5, 0.6) is 0 Å². The highest BCUT2D eigenvalue weighted by Crippen LogP contribution is 2.41. The number of carbonyl (C=O) groups excluding carboxylic acids is 2. The number of carboxylic acids is 1. The molecular weight excluding hydrogens is 304 g/mol. The predicted octanol–water partition coefficient (Wildman–Crippen LogP) is 0.951. The van der Waals surface area contributed by atoms with Gasteiger partial charge in [-0.15, -0.1) is 11.8 Å². The van der Waals surface area contributed by atoms with Gasteiger partial charge in [-0.2, -0.15) is 0 Å². The van der Waals surface area contributed by atoms with Crippen LogP contribution in [-0.2, 0) is 14.4 Å². The molecule has 0 aromatic heterocycles. The molecule has 0 aromatic carbocycles. The van der Waals surface area contributed by atoms with Crippen molar-refractivity contribution in [2.75, 3.05) is 12.3 Å². The van der Waals surface area contributed by atoms with Gasteiger partial charge in [-0.25, -0.2) is 4.79 Å². The van der Waals surface area contributed by atoms with Crippen molar-refractivity contribution in [2.24, 2.45) is 0 Å². The number of hydrogen-bond acceptors (Lipinski definition) is 4. The molecule has 0 aromatic rings. The first-order chi connectivity index (χ1) is 10.6. The fraction of sp³-hybridized carbons (Fsp3) is 0.533. The van der Waals surface area contributed by atoms with Gasteiger partial charge in [0, 0.05) is 23.9 Å². The molecule has 1 N–H and O–H groups in total. The van der Waals surface area contributed by atoms with Crippen LogP contribution in [0.1, 0.15) is 25.7 Å². The van der Waals surface area contributed by atoms with Gasteiger partial charge in [0.1, 0.15) is 5.70 Å². The van der Waals surface area contributed by atoms with Crippen LogP contribution in [0.2, 0.25) is 0 Å². The minimum atomic E-state index is -1.09. The van der Waals surface area contributed by atoms with Gasteiger partial charge < -0.3 is 10.0 Å². The minimum absolute atomic E-state index is 0.0294. The van der Waals surface area contributed by atoms with Gasteiger partial charge in [-0.1, -0.05) is 0 Å². The lowest BCUT2D eigenvalue weighted by Gasteiger charge is -2.43. The largest absolute Gasteiger partial charge is 0.477 e. The number of carbonyl (C=O) groups is 3. The maximum atomic E-state index is 12.4. The van der Waals surface area contributed by atoms with Gasteiger partial charge in [-0.3, -0.25) is 14.5 Å². The van der Waals surface area contributed by atoms with E-state index in [2.05, 4.69) is 0 Å². The standard InChI is InChI=1S/C15H16N2O4S/c18-11-6-12-17(11)13(15(20)21)9(7-22-12)5-8-3-4-16(14(8)19)10-1-2-10/h5,10,12H,1-4,6-7H2,(H,20,21)/b8-5+. The predicted molar refractivity (Wildman–Crippen MR) is 79.8 cm³/mol. The molecule has 1 saturated carbocycles. The van der Waals surface area contributed by atoms with Crippen LogP contribution >= 0.6 is 11.8 Å². The Kier molecular flexibility index (Phi) is 3.07.